The van der Waals surface area contributed by atoms with Crippen LogP contribution in [0, 0.1) is 17.8 Å². The van der Waals surface area contributed by atoms with E-state index in [2.05, 4.69) is 29.0 Å². The Balaban J connectivity index is 1.54. The van der Waals surface area contributed by atoms with Gasteiger partial charge in [0.05, 0.1) is 5.92 Å². The largest absolute Gasteiger partial charge is 0.338 e. The van der Waals surface area contributed by atoms with Crippen molar-refractivity contribution in [3.05, 3.63) is 36.3 Å². The first-order valence-corrected chi connectivity index (χ1v) is 9.35. The summed E-state index contributed by atoms with van der Waals surface area (Å²) in [6.07, 6.45) is 14.2. The van der Waals surface area contributed by atoms with E-state index in [4.69, 9.17) is 4.52 Å². The van der Waals surface area contributed by atoms with E-state index in [1.807, 2.05) is 12.1 Å². The molecule has 0 aromatic carbocycles. The van der Waals surface area contributed by atoms with Crippen LogP contribution in [0.3, 0.4) is 0 Å². The molecule has 0 saturated heterocycles. The fraction of sp³-hybridized carbons (Fsp3) is 0.600. The van der Waals surface area contributed by atoms with Crippen molar-refractivity contribution in [2.45, 2.75) is 65.2 Å². The third-order valence-electron chi connectivity index (χ3n) is 5.38. The fourth-order valence-electron chi connectivity index (χ4n) is 3.74. The maximum atomic E-state index is 5.52. The Hall–Kier alpha value is -1.71. The molecule has 1 aliphatic carbocycles. The molecule has 0 spiro atoms. The highest BCUT2D eigenvalue weighted by atomic mass is 16.5. The van der Waals surface area contributed by atoms with Gasteiger partial charge < -0.3 is 4.52 Å². The van der Waals surface area contributed by atoms with Gasteiger partial charge in [-0.1, -0.05) is 50.6 Å². The Labute approximate surface area is 145 Å². The summed E-state index contributed by atoms with van der Waals surface area (Å²) >= 11 is 0. The van der Waals surface area contributed by atoms with Gasteiger partial charge in [0.1, 0.15) is 0 Å². The average molecular weight is 326 g/mol. The van der Waals surface area contributed by atoms with Crippen molar-refractivity contribution in [3.63, 3.8) is 0 Å². The molecule has 2 heterocycles. The van der Waals surface area contributed by atoms with Gasteiger partial charge in [-0.15, -0.1) is 0 Å². The predicted octanol–water partition coefficient (Wildman–Crippen LogP) is 5.46. The molecule has 2 aromatic heterocycles. The first-order valence-electron chi connectivity index (χ1n) is 9.35. The van der Waals surface area contributed by atoms with Crippen molar-refractivity contribution < 1.29 is 4.52 Å². The Morgan fingerprint density at radius 3 is 2.58 bits per heavy atom. The third kappa shape index (κ3) is 4.22. The first-order chi connectivity index (χ1) is 11.8. The Kier molecular flexibility index (Phi) is 6.00. The van der Waals surface area contributed by atoms with Crippen molar-refractivity contribution in [2.75, 3.05) is 0 Å². The maximum Gasteiger partial charge on any atom is 0.234 e. The molecule has 1 saturated carbocycles. The first kappa shape index (κ1) is 17.1. The highest BCUT2D eigenvalue weighted by molar-refractivity contribution is 5.52. The number of unbranched alkanes of at least 4 members (excludes halogenated alkanes) is 2. The van der Waals surface area contributed by atoms with Gasteiger partial charge in [-0.05, 0) is 43.7 Å². The normalized spacial score (nSPS) is 21.3. The molecule has 1 fully saturated rings. The zero-order valence-electron chi connectivity index (χ0n) is 14.9. The van der Waals surface area contributed by atoms with Crippen LogP contribution in [0.15, 0.2) is 29.0 Å². The molecule has 1 aliphatic rings. The van der Waals surface area contributed by atoms with Gasteiger partial charge in [-0.25, -0.2) is 0 Å². The van der Waals surface area contributed by atoms with Crippen molar-refractivity contribution in [3.8, 4) is 11.4 Å². The minimum Gasteiger partial charge on any atom is -0.338 e. The van der Waals surface area contributed by atoms with E-state index in [-0.39, 0.29) is 0 Å². The zero-order valence-corrected chi connectivity index (χ0v) is 14.9. The Bertz CT molecular complexity index is 602. The van der Waals surface area contributed by atoms with E-state index in [9.17, 15) is 0 Å². The molecular weight excluding hydrogens is 298 g/mol. The molecule has 0 atom stereocenters. The molecule has 1 radical (unpaired) electrons. The lowest BCUT2D eigenvalue weighted by Crippen LogP contribution is -2.20. The highest BCUT2D eigenvalue weighted by Crippen LogP contribution is 2.38. The van der Waals surface area contributed by atoms with E-state index in [1.165, 1.54) is 57.3 Å². The molecule has 129 valence electrons. The van der Waals surface area contributed by atoms with Gasteiger partial charge >= 0.3 is 0 Å². The second-order valence-electron chi connectivity index (χ2n) is 7.06. The summed E-state index contributed by atoms with van der Waals surface area (Å²) < 4.78 is 5.52. The second-order valence-corrected chi connectivity index (χ2v) is 7.06. The third-order valence-corrected chi connectivity index (χ3v) is 5.38. The lowest BCUT2D eigenvalue weighted by Gasteiger charge is -2.30. The monoisotopic (exact) mass is 326 g/mol. The van der Waals surface area contributed by atoms with E-state index >= 15 is 0 Å². The number of hydrogen-bond donors (Lipinski definition) is 0. The topological polar surface area (TPSA) is 51.8 Å². The van der Waals surface area contributed by atoms with Crippen LogP contribution in [-0.4, -0.2) is 15.1 Å². The Morgan fingerprint density at radius 2 is 1.88 bits per heavy atom. The minimum absolute atomic E-state index is 0.596. The molecular formula is C20H28N3O. The molecule has 0 N–H and O–H groups in total. The van der Waals surface area contributed by atoms with Gasteiger partial charge in [0, 0.05) is 18.0 Å². The van der Waals surface area contributed by atoms with Crippen LogP contribution in [0.25, 0.3) is 11.4 Å². The van der Waals surface area contributed by atoms with Crippen LogP contribution in [0.5, 0.6) is 0 Å². The van der Waals surface area contributed by atoms with Crippen molar-refractivity contribution in [2.24, 2.45) is 11.8 Å². The van der Waals surface area contributed by atoms with E-state index < -0.39 is 0 Å². The summed E-state index contributed by atoms with van der Waals surface area (Å²) in [7, 11) is 0. The number of pyridine rings is 1. The van der Waals surface area contributed by atoms with Crippen molar-refractivity contribution >= 4 is 0 Å². The van der Waals surface area contributed by atoms with Crippen LogP contribution in [-0.2, 0) is 0 Å². The number of nitrogens with zero attached hydrogens (tertiary/aromatic N) is 3. The van der Waals surface area contributed by atoms with Crippen molar-refractivity contribution in [1.82, 2.24) is 15.1 Å². The van der Waals surface area contributed by atoms with Gasteiger partial charge in [-0.2, -0.15) is 4.98 Å². The number of rotatable bonds is 7. The summed E-state index contributed by atoms with van der Waals surface area (Å²) in [5.74, 6) is 4.14. The van der Waals surface area contributed by atoms with Crippen LogP contribution in [0.4, 0.5) is 0 Å². The zero-order chi connectivity index (χ0) is 16.8. The Morgan fingerprint density at radius 1 is 1.12 bits per heavy atom. The van der Waals surface area contributed by atoms with Crippen LogP contribution >= 0.6 is 0 Å². The summed E-state index contributed by atoms with van der Waals surface area (Å²) in [5, 5.41) is 4.13. The fourth-order valence-corrected chi connectivity index (χ4v) is 3.74. The van der Waals surface area contributed by atoms with Crippen LogP contribution in [0.1, 0.15) is 71.1 Å². The minimum atomic E-state index is 0.596. The summed E-state index contributed by atoms with van der Waals surface area (Å²) in [4.78, 5) is 8.62. The lowest BCUT2D eigenvalue weighted by atomic mass is 9.75. The molecule has 3 rings (SSSR count). The standard InChI is InChI=1S/C20H28N3O/c1-3-4-5-6-16-7-9-17(10-8-16)15(2)20-22-19(23-24-20)18-11-13-21-14-12-18/h11-14,16-17H,3-10H2,1-2H3. The summed E-state index contributed by atoms with van der Waals surface area (Å²) in [5.41, 5.74) is 0.951. The molecule has 4 nitrogen and oxygen atoms in total. The smallest absolute Gasteiger partial charge is 0.234 e. The van der Waals surface area contributed by atoms with E-state index in [1.54, 1.807) is 12.4 Å². The number of hydrogen-bond acceptors (Lipinski definition) is 4. The summed E-state index contributed by atoms with van der Waals surface area (Å²) in [6, 6.07) is 3.82. The maximum absolute atomic E-state index is 5.52. The lowest BCUT2D eigenvalue weighted by molar-refractivity contribution is 0.258. The van der Waals surface area contributed by atoms with Gasteiger partial charge in [0.25, 0.3) is 0 Å². The predicted molar refractivity (Wildman–Crippen MR) is 95.1 cm³/mol. The molecule has 0 bridgehead atoms. The van der Waals surface area contributed by atoms with E-state index in [0.29, 0.717) is 17.6 Å². The number of aromatic nitrogens is 3. The average Bonchev–Trinajstić information content (AvgIpc) is 3.13. The quantitative estimate of drug-likeness (QED) is 0.634. The van der Waals surface area contributed by atoms with Crippen LogP contribution in [0.2, 0.25) is 0 Å². The molecule has 2 aromatic rings. The molecule has 0 amide bonds. The van der Waals surface area contributed by atoms with E-state index in [0.717, 1.165) is 11.5 Å². The summed E-state index contributed by atoms with van der Waals surface area (Å²) in [6.45, 7) is 4.44. The van der Waals surface area contributed by atoms with Gasteiger partial charge in [0.15, 0.2) is 0 Å². The molecule has 4 heteroatoms. The second kappa shape index (κ2) is 8.41. The van der Waals surface area contributed by atoms with Gasteiger partial charge in [0.2, 0.25) is 11.7 Å². The van der Waals surface area contributed by atoms with Crippen LogP contribution < -0.4 is 0 Å². The van der Waals surface area contributed by atoms with Crippen molar-refractivity contribution in [1.29, 1.82) is 0 Å². The SMILES string of the molecule is CCCCCC1CCC([C](C)c2nc(-c3ccncc3)no2)CC1. The highest BCUT2D eigenvalue weighted by Gasteiger charge is 2.29. The molecule has 24 heavy (non-hydrogen) atoms. The van der Waals surface area contributed by atoms with Gasteiger partial charge in [-0.3, -0.25) is 4.98 Å². The molecule has 0 aliphatic heterocycles. The molecule has 0 unspecified atom stereocenters.